The summed E-state index contributed by atoms with van der Waals surface area (Å²) in [6.45, 7) is 5.63. The van der Waals surface area contributed by atoms with Crippen LogP contribution in [0.15, 0.2) is 41.3 Å². The van der Waals surface area contributed by atoms with Crippen molar-refractivity contribution in [3.05, 3.63) is 58.7 Å². The van der Waals surface area contributed by atoms with Gasteiger partial charge < -0.3 is 5.32 Å². The molecule has 0 heterocycles. The number of amides is 1. The van der Waals surface area contributed by atoms with E-state index in [4.69, 9.17) is 0 Å². The van der Waals surface area contributed by atoms with Crippen LogP contribution in [-0.2, 0) is 21.2 Å². The molecule has 0 radical (unpaired) electrons. The summed E-state index contributed by atoms with van der Waals surface area (Å²) in [4.78, 5) is 11.6. The number of carbonyl (C=O) groups excluding carboxylic acids is 1. The van der Waals surface area contributed by atoms with E-state index in [1.165, 1.54) is 0 Å². The Morgan fingerprint density at radius 2 is 1.54 bits per heavy atom. The molecule has 0 unspecified atom stereocenters. The van der Waals surface area contributed by atoms with Crippen molar-refractivity contribution in [2.24, 2.45) is 0 Å². The zero-order valence-electron chi connectivity index (χ0n) is 14.3. The molecular weight excluding hydrogens is 324 g/mol. The van der Waals surface area contributed by atoms with Gasteiger partial charge in [-0.2, -0.15) is 0 Å². The van der Waals surface area contributed by atoms with E-state index in [0.717, 1.165) is 16.7 Å². The van der Waals surface area contributed by atoms with E-state index in [9.17, 15) is 13.2 Å². The lowest BCUT2D eigenvalue weighted by Gasteiger charge is -2.13. The van der Waals surface area contributed by atoms with Crippen LogP contribution in [0.5, 0.6) is 0 Å². The molecule has 2 N–H and O–H groups in total. The SMILES string of the molecule is CNC(=O)Cc1ccc(NS(=O)(=O)c2cc(C)c(C)cc2C)cc1. The fraction of sp³-hybridized carbons (Fsp3) is 0.278. The Hall–Kier alpha value is -2.34. The van der Waals surface area contributed by atoms with Crippen molar-refractivity contribution in [3.63, 3.8) is 0 Å². The maximum absolute atomic E-state index is 12.6. The monoisotopic (exact) mass is 346 g/mol. The number of rotatable bonds is 5. The molecule has 0 fully saturated rings. The van der Waals surface area contributed by atoms with Gasteiger partial charge in [-0.1, -0.05) is 18.2 Å². The fourth-order valence-electron chi connectivity index (χ4n) is 2.40. The van der Waals surface area contributed by atoms with E-state index >= 15 is 0 Å². The Kier molecular flexibility index (Phi) is 5.29. The summed E-state index contributed by atoms with van der Waals surface area (Å²) in [6, 6.07) is 10.3. The summed E-state index contributed by atoms with van der Waals surface area (Å²) >= 11 is 0. The fourth-order valence-corrected chi connectivity index (χ4v) is 3.77. The lowest BCUT2D eigenvalue weighted by molar-refractivity contribution is -0.119. The van der Waals surface area contributed by atoms with Crippen LogP contribution in [0.2, 0.25) is 0 Å². The average Bonchev–Trinajstić information content (AvgIpc) is 2.52. The van der Waals surface area contributed by atoms with Gasteiger partial charge in [-0.05, 0) is 61.2 Å². The normalized spacial score (nSPS) is 11.2. The second-order valence-corrected chi connectivity index (χ2v) is 7.51. The van der Waals surface area contributed by atoms with Crippen LogP contribution in [0.1, 0.15) is 22.3 Å². The Balaban J connectivity index is 2.23. The van der Waals surface area contributed by atoms with Crippen molar-refractivity contribution in [2.45, 2.75) is 32.1 Å². The Morgan fingerprint density at radius 3 is 2.12 bits per heavy atom. The van der Waals surface area contributed by atoms with Crippen molar-refractivity contribution < 1.29 is 13.2 Å². The zero-order chi connectivity index (χ0) is 17.9. The van der Waals surface area contributed by atoms with E-state index in [1.54, 1.807) is 44.3 Å². The van der Waals surface area contributed by atoms with Gasteiger partial charge in [0.2, 0.25) is 5.91 Å². The summed E-state index contributed by atoms with van der Waals surface area (Å²) in [6.07, 6.45) is 0.264. The quantitative estimate of drug-likeness (QED) is 0.874. The summed E-state index contributed by atoms with van der Waals surface area (Å²) < 4.78 is 27.8. The molecule has 2 aromatic carbocycles. The molecular formula is C18H22N2O3S. The smallest absolute Gasteiger partial charge is 0.262 e. The molecule has 24 heavy (non-hydrogen) atoms. The molecule has 5 nitrogen and oxygen atoms in total. The van der Waals surface area contributed by atoms with Gasteiger partial charge in [0.15, 0.2) is 0 Å². The lowest BCUT2D eigenvalue weighted by atomic mass is 10.1. The summed E-state index contributed by atoms with van der Waals surface area (Å²) in [7, 11) is -2.07. The van der Waals surface area contributed by atoms with E-state index in [2.05, 4.69) is 10.0 Å². The Morgan fingerprint density at radius 1 is 0.958 bits per heavy atom. The van der Waals surface area contributed by atoms with Gasteiger partial charge in [-0.15, -0.1) is 0 Å². The summed E-state index contributed by atoms with van der Waals surface area (Å²) in [5.41, 5.74) is 3.99. The molecule has 1 amide bonds. The van der Waals surface area contributed by atoms with Crippen molar-refractivity contribution >= 4 is 21.6 Å². The molecule has 0 saturated carbocycles. The average molecular weight is 346 g/mol. The maximum atomic E-state index is 12.6. The Bertz CT molecular complexity index is 857. The van der Waals surface area contributed by atoms with Crippen molar-refractivity contribution in [2.75, 3.05) is 11.8 Å². The van der Waals surface area contributed by atoms with Crippen LogP contribution in [0.4, 0.5) is 5.69 Å². The van der Waals surface area contributed by atoms with E-state index < -0.39 is 10.0 Å². The van der Waals surface area contributed by atoms with E-state index in [1.807, 2.05) is 19.9 Å². The molecule has 0 saturated heterocycles. The molecule has 0 aliphatic heterocycles. The first kappa shape index (κ1) is 18.0. The highest BCUT2D eigenvalue weighted by Gasteiger charge is 2.18. The molecule has 0 aliphatic carbocycles. The molecule has 0 aromatic heterocycles. The van der Waals surface area contributed by atoms with Gasteiger partial charge in [-0.25, -0.2) is 8.42 Å². The highest BCUT2D eigenvalue weighted by Crippen LogP contribution is 2.23. The number of carbonyl (C=O) groups is 1. The predicted octanol–water partition coefficient (Wildman–Crippen LogP) is 2.70. The van der Waals surface area contributed by atoms with Gasteiger partial charge in [0.25, 0.3) is 10.0 Å². The molecule has 0 bridgehead atoms. The number of sulfonamides is 1. The van der Waals surface area contributed by atoms with Gasteiger partial charge in [0.1, 0.15) is 0 Å². The molecule has 2 rings (SSSR count). The van der Waals surface area contributed by atoms with Gasteiger partial charge in [0.05, 0.1) is 11.3 Å². The third-order valence-electron chi connectivity index (χ3n) is 3.93. The first-order valence-electron chi connectivity index (χ1n) is 7.63. The van der Waals surface area contributed by atoms with Gasteiger partial charge >= 0.3 is 0 Å². The predicted molar refractivity (Wildman–Crippen MR) is 95.7 cm³/mol. The van der Waals surface area contributed by atoms with Crippen LogP contribution in [0.25, 0.3) is 0 Å². The Labute approximate surface area is 143 Å². The van der Waals surface area contributed by atoms with E-state index in [0.29, 0.717) is 11.3 Å². The van der Waals surface area contributed by atoms with Crippen LogP contribution in [0, 0.1) is 20.8 Å². The number of hydrogen-bond donors (Lipinski definition) is 2. The minimum absolute atomic E-state index is 0.0888. The molecule has 0 aliphatic rings. The third-order valence-corrected chi connectivity index (χ3v) is 5.45. The second-order valence-electron chi connectivity index (χ2n) is 5.85. The first-order chi connectivity index (χ1) is 11.2. The molecule has 2 aromatic rings. The standard InChI is InChI=1S/C18H22N2O3S/c1-12-9-14(3)17(10-13(12)2)24(22,23)20-16-7-5-15(6-8-16)11-18(21)19-4/h5-10,20H,11H2,1-4H3,(H,19,21). The largest absolute Gasteiger partial charge is 0.359 e. The summed E-state index contributed by atoms with van der Waals surface area (Å²) in [5, 5.41) is 2.55. The number of benzene rings is 2. The van der Waals surface area contributed by atoms with Crippen molar-refractivity contribution in [1.82, 2.24) is 5.32 Å². The van der Waals surface area contributed by atoms with E-state index in [-0.39, 0.29) is 17.2 Å². The minimum Gasteiger partial charge on any atom is -0.359 e. The van der Waals surface area contributed by atoms with Gasteiger partial charge in [-0.3, -0.25) is 9.52 Å². The second kappa shape index (κ2) is 7.05. The molecule has 128 valence electrons. The number of aryl methyl sites for hydroxylation is 3. The van der Waals surface area contributed by atoms with Crippen LogP contribution < -0.4 is 10.0 Å². The third kappa shape index (κ3) is 4.14. The highest BCUT2D eigenvalue weighted by atomic mass is 32.2. The maximum Gasteiger partial charge on any atom is 0.262 e. The number of anilines is 1. The topological polar surface area (TPSA) is 75.3 Å². The number of hydrogen-bond acceptors (Lipinski definition) is 3. The van der Waals surface area contributed by atoms with Crippen molar-refractivity contribution in [1.29, 1.82) is 0 Å². The highest BCUT2D eigenvalue weighted by molar-refractivity contribution is 7.92. The minimum atomic E-state index is -3.65. The molecule has 0 spiro atoms. The zero-order valence-corrected chi connectivity index (χ0v) is 15.1. The number of nitrogens with one attached hydrogen (secondary N) is 2. The van der Waals surface area contributed by atoms with Crippen LogP contribution >= 0.6 is 0 Å². The van der Waals surface area contributed by atoms with Crippen LogP contribution in [0.3, 0.4) is 0 Å². The lowest BCUT2D eigenvalue weighted by Crippen LogP contribution is -2.20. The number of likely N-dealkylation sites (N-methyl/N-ethyl adjacent to an activating group) is 1. The summed E-state index contributed by atoms with van der Waals surface area (Å²) in [5.74, 6) is -0.0888. The molecule has 6 heteroatoms. The van der Waals surface area contributed by atoms with Gasteiger partial charge in [0, 0.05) is 12.7 Å². The molecule has 0 atom stereocenters. The first-order valence-corrected chi connectivity index (χ1v) is 9.11. The van der Waals surface area contributed by atoms with Crippen molar-refractivity contribution in [3.8, 4) is 0 Å². The van der Waals surface area contributed by atoms with Crippen LogP contribution in [-0.4, -0.2) is 21.4 Å².